The molecule has 12 nitrogen and oxygen atoms in total. The van der Waals surface area contributed by atoms with Gasteiger partial charge in [-0.15, -0.1) is 0 Å². The van der Waals surface area contributed by atoms with Crippen molar-refractivity contribution in [1.82, 2.24) is 30.8 Å². The summed E-state index contributed by atoms with van der Waals surface area (Å²) in [5.41, 5.74) is 3.21. The first-order chi connectivity index (χ1) is 24.5. The fourth-order valence-corrected chi connectivity index (χ4v) is 5.57. The summed E-state index contributed by atoms with van der Waals surface area (Å²) in [5, 5.41) is 20.5. The number of urea groups is 1. The van der Waals surface area contributed by atoms with Gasteiger partial charge in [0, 0.05) is 37.0 Å². The lowest BCUT2D eigenvalue weighted by atomic mass is 9.93. The Morgan fingerprint density at radius 2 is 1.51 bits per heavy atom. The number of rotatable bonds is 17. The van der Waals surface area contributed by atoms with Crippen LogP contribution in [0.25, 0.3) is 0 Å². The van der Waals surface area contributed by atoms with E-state index in [9.17, 15) is 19.5 Å². The van der Waals surface area contributed by atoms with Gasteiger partial charge in [0.1, 0.15) is 18.9 Å². The second kappa shape index (κ2) is 19.2. The van der Waals surface area contributed by atoms with Gasteiger partial charge in [-0.2, -0.15) is 0 Å². The fraction of sp³-hybridized carbons (Fsp3) is 0.410. The number of ether oxygens (including phenoxy) is 1. The topological polar surface area (TPSA) is 159 Å². The number of nitrogens with zero attached hydrogens (tertiary/aromatic N) is 3. The molecule has 2 aromatic heterocycles. The molecule has 272 valence electrons. The minimum absolute atomic E-state index is 0.0234. The largest absolute Gasteiger partial charge is 0.448 e. The van der Waals surface area contributed by atoms with Gasteiger partial charge >= 0.3 is 12.1 Å². The van der Waals surface area contributed by atoms with Gasteiger partial charge in [-0.3, -0.25) is 9.78 Å². The average molecular weight is 699 g/mol. The molecule has 0 saturated heterocycles. The third-order valence-electron chi connectivity index (χ3n) is 8.39. The number of carbonyl (C=O) groups is 3. The molecule has 4 N–H and O–H groups in total. The maximum atomic E-state index is 13.9. The summed E-state index contributed by atoms with van der Waals surface area (Å²) < 4.78 is 11.0. The molecular weight excluding hydrogens is 648 g/mol. The molecule has 0 aliphatic carbocycles. The number of nitrogens with one attached hydrogen (secondary N) is 3. The van der Waals surface area contributed by atoms with E-state index in [0.717, 1.165) is 16.7 Å². The summed E-state index contributed by atoms with van der Waals surface area (Å²) in [5.74, 6) is 0.0794. The van der Waals surface area contributed by atoms with Gasteiger partial charge < -0.3 is 35.1 Å². The zero-order chi connectivity index (χ0) is 36.8. The number of oxazole rings is 1. The number of carbonyl (C=O) groups excluding carboxylic acids is 3. The van der Waals surface area contributed by atoms with Crippen molar-refractivity contribution in [3.63, 3.8) is 0 Å². The number of hydrogen-bond donors (Lipinski definition) is 4. The van der Waals surface area contributed by atoms with Crippen molar-refractivity contribution in [2.45, 2.75) is 90.3 Å². The molecule has 4 atom stereocenters. The predicted molar refractivity (Wildman–Crippen MR) is 193 cm³/mol. The maximum absolute atomic E-state index is 13.9. The third-order valence-corrected chi connectivity index (χ3v) is 8.39. The lowest BCUT2D eigenvalue weighted by Crippen LogP contribution is -2.55. The summed E-state index contributed by atoms with van der Waals surface area (Å²) in [7, 11) is 1.63. The molecule has 0 radical (unpaired) electrons. The Kier molecular flexibility index (Phi) is 14.5. The van der Waals surface area contributed by atoms with Crippen LogP contribution >= 0.6 is 0 Å². The van der Waals surface area contributed by atoms with Crippen LogP contribution in [0.15, 0.2) is 95.9 Å². The molecule has 51 heavy (non-hydrogen) atoms. The molecular formula is C39H50N6O6. The minimum Gasteiger partial charge on any atom is -0.448 e. The minimum atomic E-state index is -1.07. The van der Waals surface area contributed by atoms with E-state index in [1.807, 2.05) is 88.4 Å². The third kappa shape index (κ3) is 12.6. The highest BCUT2D eigenvalue weighted by molar-refractivity contribution is 5.87. The number of alkyl carbamates (subject to hydrolysis) is 1. The molecule has 1 unspecified atom stereocenters. The molecule has 12 heteroatoms. The smallest absolute Gasteiger partial charge is 0.407 e. The summed E-state index contributed by atoms with van der Waals surface area (Å²) in [6, 6.07) is 20.2. The molecule has 4 aromatic rings. The standard InChI is InChI=1S/C39H50N6O6/c1-26(2)35(44-38(48)45(5)23-32-25-50-37(42-32)27(3)4)36(47)41-31(19-28-13-8-6-9-14-28)21-34(46)33(20-29-15-10-7-11-16-29)43-39(49)51-24-30-17-12-18-40-22-30/h6-18,22,25-27,31,33-35,46H,19-21,23-24H2,1-5H3,(H,41,47)(H,43,49)(H,44,48)/t31-,33-,34-,35?/m0/s1. The van der Waals surface area contributed by atoms with Crippen molar-refractivity contribution < 1.29 is 28.6 Å². The number of pyridine rings is 1. The molecule has 0 spiro atoms. The van der Waals surface area contributed by atoms with Crippen LogP contribution in [0.3, 0.4) is 0 Å². The van der Waals surface area contributed by atoms with E-state index in [2.05, 4.69) is 25.9 Å². The highest BCUT2D eigenvalue weighted by Crippen LogP contribution is 2.17. The van der Waals surface area contributed by atoms with Crippen molar-refractivity contribution in [3.8, 4) is 0 Å². The lowest BCUT2D eigenvalue weighted by molar-refractivity contribution is -0.124. The number of benzene rings is 2. The molecule has 0 fully saturated rings. The van der Waals surface area contributed by atoms with E-state index < -0.39 is 36.4 Å². The predicted octanol–water partition coefficient (Wildman–Crippen LogP) is 5.38. The van der Waals surface area contributed by atoms with Gasteiger partial charge in [-0.05, 0) is 42.4 Å². The van der Waals surface area contributed by atoms with E-state index in [-0.39, 0.29) is 37.3 Å². The van der Waals surface area contributed by atoms with Crippen LogP contribution < -0.4 is 16.0 Å². The van der Waals surface area contributed by atoms with Gasteiger partial charge in [0.25, 0.3) is 0 Å². The van der Waals surface area contributed by atoms with E-state index >= 15 is 0 Å². The highest BCUT2D eigenvalue weighted by Gasteiger charge is 2.31. The number of hydrogen-bond acceptors (Lipinski definition) is 8. The van der Waals surface area contributed by atoms with Crippen molar-refractivity contribution in [2.75, 3.05) is 7.05 Å². The second-order valence-electron chi connectivity index (χ2n) is 13.4. The first kappa shape index (κ1) is 38.6. The molecule has 0 saturated carbocycles. The Balaban J connectivity index is 1.47. The first-order valence-electron chi connectivity index (χ1n) is 17.3. The Hall–Kier alpha value is -5.23. The molecule has 0 aliphatic heterocycles. The number of aliphatic hydroxyl groups is 1. The normalized spacial score (nSPS) is 13.6. The molecule has 0 bridgehead atoms. The summed E-state index contributed by atoms with van der Waals surface area (Å²) in [6.45, 7) is 7.89. The monoisotopic (exact) mass is 698 g/mol. The zero-order valence-electron chi connectivity index (χ0n) is 30.0. The van der Waals surface area contributed by atoms with E-state index in [1.54, 1.807) is 31.6 Å². The van der Waals surface area contributed by atoms with Crippen LogP contribution in [0, 0.1) is 5.92 Å². The van der Waals surface area contributed by atoms with Crippen molar-refractivity contribution in [1.29, 1.82) is 0 Å². The Labute approximate surface area is 300 Å². The molecule has 4 rings (SSSR count). The molecule has 0 aliphatic rings. The van der Waals surface area contributed by atoms with Crippen molar-refractivity contribution in [2.24, 2.45) is 5.92 Å². The van der Waals surface area contributed by atoms with Crippen molar-refractivity contribution >= 4 is 18.0 Å². The van der Waals surface area contributed by atoms with Crippen LogP contribution in [0.2, 0.25) is 0 Å². The SMILES string of the molecule is CC(C)c1nc(CN(C)C(=O)NC(C(=O)N[C@@H](Cc2ccccc2)C[C@H](O)[C@H](Cc2ccccc2)NC(=O)OCc2cccnc2)C(C)C)co1. The molecule has 2 heterocycles. The van der Waals surface area contributed by atoms with Crippen molar-refractivity contribution in [3.05, 3.63) is 120 Å². The van der Waals surface area contributed by atoms with Crippen LogP contribution in [0.5, 0.6) is 0 Å². The van der Waals surface area contributed by atoms with Gasteiger partial charge in [-0.1, -0.05) is 94.4 Å². The Bertz CT molecular complexity index is 1650. The van der Waals surface area contributed by atoms with Crippen LogP contribution in [-0.2, 0) is 35.5 Å². The zero-order valence-corrected chi connectivity index (χ0v) is 30.0. The van der Waals surface area contributed by atoms with Gasteiger partial charge in [0.2, 0.25) is 5.91 Å². The van der Waals surface area contributed by atoms with Gasteiger partial charge in [0.15, 0.2) is 5.89 Å². The molecule has 4 amide bonds. The first-order valence-corrected chi connectivity index (χ1v) is 17.3. The van der Waals surface area contributed by atoms with Gasteiger partial charge in [-0.25, -0.2) is 14.6 Å². The lowest BCUT2D eigenvalue weighted by Gasteiger charge is -2.30. The highest BCUT2D eigenvalue weighted by atomic mass is 16.5. The number of amides is 4. The number of aliphatic hydroxyl groups excluding tert-OH is 1. The fourth-order valence-electron chi connectivity index (χ4n) is 5.57. The maximum Gasteiger partial charge on any atom is 0.407 e. The summed E-state index contributed by atoms with van der Waals surface area (Å²) in [4.78, 5) is 50.0. The van der Waals surface area contributed by atoms with E-state index in [0.29, 0.717) is 24.4 Å². The second-order valence-corrected chi connectivity index (χ2v) is 13.4. The van der Waals surface area contributed by atoms with Crippen LogP contribution in [0.1, 0.15) is 68.3 Å². The summed E-state index contributed by atoms with van der Waals surface area (Å²) >= 11 is 0. The Morgan fingerprint density at radius 1 is 0.863 bits per heavy atom. The van der Waals surface area contributed by atoms with Crippen LogP contribution in [-0.4, -0.2) is 69.3 Å². The quantitative estimate of drug-likeness (QED) is 0.115. The van der Waals surface area contributed by atoms with Crippen LogP contribution in [0.4, 0.5) is 9.59 Å². The van der Waals surface area contributed by atoms with E-state index in [1.165, 1.54) is 11.2 Å². The van der Waals surface area contributed by atoms with Gasteiger partial charge in [0.05, 0.1) is 24.4 Å². The Morgan fingerprint density at radius 3 is 2.10 bits per heavy atom. The number of aromatic nitrogens is 2. The average Bonchev–Trinajstić information content (AvgIpc) is 3.59. The van der Waals surface area contributed by atoms with E-state index in [4.69, 9.17) is 9.15 Å². The molecule has 2 aromatic carbocycles. The summed E-state index contributed by atoms with van der Waals surface area (Å²) in [6.07, 6.45) is 3.90.